The molecule has 4 aliphatic rings. The monoisotopic (exact) mass is 244 g/mol. The zero-order valence-electron chi connectivity index (χ0n) is 10.2. The van der Waals surface area contributed by atoms with Gasteiger partial charge in [0.15, 0.2) is 0 Å². The molecule has 0 atom stereocenters. The molecule has 4 fully saturated rings. The second-order valence-electron chi connectivity index (χ2n) is 6.27. The Balaban J connectivity index is 1.75. The summed E-state index contributed by atoms with van der Waals surface area (Å²) in [6.07, 6.45) is 6.42. The van der Waals surface area contributed by atoms with Crippen molar-refractivity contribution in [3.8, 4) is 6.07 Å². The molecular weight excluding hydrogens is 228 g/mol. The molecule has 5 rings (SSSR count). The molecule has 5 heteroatoms. The first-order valence-corrected chi connectivity index (χ1v) is 6.83. The summed E-state index contributed by atoms with van der Waals surface area (Å²) in [5.41, 5.74) is -0.223. The number of nitrogens with one attached hydrogen (secondary N) is 1. The first-order chi connectivity index (χ1) is 8.76. The molecule has 94 valence electrons. The molecule has 4 aliphatic carbocycles. The molecule has 1 N–H and O–H groups in total. The maximum atomic E-state index is 12.1. The molecule has 5 nitrogen and oxygen atoms in total. The number of aromatic nitrogens is 3. The van der Waals surface area contributed by atoms with Crippen molar-refractivity contribution >= 4 is 0 Å². The highest BCUT2D eigenvalue weighted by molar-refractivity contribution is 5.15. The van der Waals surface area contributed by atoms with Crippen molar-refractivity contribution in [2.45, 2.75) is 38.1 Å². The van der Waals surface area contributed by atoms with Crippen molar-refractivity contribution in [1.29, 1.82) is 5.26 Å². The number of nitrogens with zero attached hydrogens (tertiary/aromatic N) is 3. The van der Waals surface area contributed by atoms with Crippen LogP contribution >= 0.6 is 0 Å². The summed E-state index contributed by atoms with van der Waals surface area (Å²) in [5.74, 6) is 3.01. The minimum atomic E-state index is -0.227. The van der Waals surface area contributed by atoms with Crippen molar-refractivity contribution in [2.24, 2.45) is 23.7 Å². The first kappa shape index (κ1) is 10.4. The second kappa shape index (κ2) is 3.47. The minimum Gasteiger partial charge on any atom is -0.264 e. The van der Waals surface area contributed by atoms with E-state index in [0.29, 0.717) is 11.8 Å². The molecule has 0 aromatic carbocycles. The van der Waals surface area contributed by atoms with Gasteiger partial charge in [0.25, 0.3) is 0 Å². The van der Waals surface area contributed by atoms with Gasteiger partial charge in [0.05, 0.1) is 6.04 Å². The highest BCUT2D eigenvalue weighted by Gasteiger charge is 2.49. The average molecular weight is 244 g/mol. The Morgan fingerprint density at radius 3 is 2.28 bits per heavy atom. The zero-order chi connectivity index (χ0) is 12.3. The Morgan fingerprint density at radius 1 is 1.17 bits per heavy atom. The highest BCUT2D eigenvalue weighted by atomic mass is 16.1. The number of rotatable bonds is 1. The number of H-pyrrole nitrogens is 1. The summed E-state index contributed by atoms with van der Waals surface area (Å²) in [6, 6.07) is 2.13. The molecule has 0 unspecified atom stereocenters. The maximum Gasteiger partial charge on any atom is 0.305 e. The van der Waals surface area contributed by atoms with E-state index in [-0.39, 0.29) is 17.3 Å². The van der Waals surface area contributed by atoms with Crippen LogP contribution in [-0.4, -0.2) is 15.0 Å². The van der Waals surface area contributed by atoms with E-state index < -0.39 is 0 Å². The lowest BCUT2D eigenvalue weighted by Crippen LogP contribution is -2.48. The van der Waals surface area contributed by atoms with Crippen LogP contribution in [0.3, 0.4) is 0 Å². The third-order valence-corrected chi connectivity index (χ3v) is 5.27. The van der Waals surface area contributed by atoms with E-state index in [2.05, 4.69) is 10.3 Å². The highest BCUT2D eigenvalue weighted by Crippen LogP contribution is 2.57. The van der Waals surface area contributed by atoms with Crippen LogP contribution in [0.25, 0.3) is 0 Å². The average Bonchev–Trinajstić information content (AvgIpc) is 2.70. The van der Waals surface area contributed by atoms with Gasteiger partial charge >= 0.3 is 5.56 Å². The molecule has 18 heavy (non-hydrogen) atoms. The Kier molecular flexibility index (Phi) is 2.00. The quantitative estimate of drug-likeness (QED) is 0.812. The normalized spacial score (nSPS) is 40.9. The Morgan fingerprint density at radius 2 is 1.78 bits per heavy atom. The fraction of sp³-hybridized carbons (Fsp3) is 0.769. The van der Waals surface area contributed by atoms with Crippen LogP contribution in [0.2, 0.25) is 0 Å². The minimum absolute atomic E-state index is 0.00352. The Labute approximate surface area is 105 Å². The molecule has 4 saturated carbocycles. The smallest absolute Gasteiger partial charge is 0.264 e. The van der Waals surface area contributed by atoms with Gasteiger partial charge in [0, 0.05) is 0 Å². The van der Waals surface area contributed by atoms with Crippen molar-refractivity contribution in [3.63, 3.8) is 0 Å². The van der Waals surface area contributed by atoms with Crippen molar-refractivity contribution in [3.05, 3.63) is 16.0 Å². The van der Waals surface area contributed by atoms with Gasteiger partial charge in [-0.25, -0.2) is 9.90 Å². The summed E-state index contributed by atoms with van der Waals surface area (Å²) in [4.78, 5) is 12.1. The van der Waals surface area contributed by atoms with E-state index in [0.717, 1.165) is 11.8 Å². The number of aromatic amines is 1. The zero-order valence-corrected chi connectivity index (χ0v) is 10.2. The van der Waals surface area contributed by atoms with Gasteiger partial charge < -0.3 is 0 Å². The van der Waals surface area contributed by atoms with E-state index >= 15 is 0 Å². The van der Waals surface area contributed by atoms with Gasteiger partial charge in [-0.15, -0.1) is 5.10 Å². The molecule has 0 amide bonds. The van der Waals surface area contributed by atoms with E-state index in [4.69, 9.17) is 5.26 Å². The fourth-order valence-electron chi connectivity index (χ4n) is 4.90. The van der Waals surface area contributed by atoms with Gasteiger partial charge in [-0.1, -0.05) is 0 Å². The predicted molar refractivity (Wildman–Crippen MR) is 63.6 cm³/mol. The standard InChI is InChI=1S/C13H16N4O/c14-6-11-13(18)17(16-15-11)12-9-2-7-1-8(4-9)5-10(12)3-7/h7-10,12,16H,1-5H2. The van der Waals surface area contributed by atoms with Crippen LogP contribution in [0.1, 0.15) is 43.8 Å². The van der Waals surface area contributed by atoms with Crippen LogP contribution in [0.5, 0.6) is 0 Å². The van der Waals surface area contributed by atoms with Crippen molar-refractivity contribution < 1.29 is 0 Å². The Hall–Kier alpha value is -1.57. The molecule has 0 spiro atoms. The van der Waals surface area contributed by atoms with Crippen LogP contribution in [0, 0.1) is 35.0 Å². The second-order valence-corrected chi connectivity index (χ2v) is 6.27. The number of nitriles is 1. The van der Waals surface area contributed by atoms with Crippen LogP contribution < -0.4 is 5.56 Å². The van der Waals surface area contributed by atoms with Crippen LogP contribution in [0.4, 0.5) is 0 Å². The van der Waals surface area contributed by atoms with E-state index in [9.17, 15) is 4.79 Å². The van der Waals surface area contributed by atoms with Gasteiger partial charge in [-0.05, 0) is 55.8 Å². The largest absolute Gasteiger partial charge is 0.305 e. The van der Waals surface area contributed by atoms with Crippen LogP contribution in [-0.2, 0) is 0 Å². The molecule has 1 aromatic rings. The summed E-state index contributed by atoms with van der Waals surface area (Å²) < 4.78 is 1.64. The summed E-state index contributed by atoms with van der Waals surface area (Å²) >= 11 is 0. The van der Waals surface area contributed by atoms with Gasteiger partial charge in [-0.3, -0.25) is 4.79 Å². The van der Waals surface area contributed by atoms with Gasteiger partial charge in [0.2, 0.25) is 5.69 Å². The molecule has 0 saturated heterocycles. The Bertz CT molecular complexity index is 551. The summed E-state index contributed by atoms with van der Waals surface area (Å²) in [5, 5.41) is 15.5. The lowest BCUT2D eigenvalue weighted by Gasteiger charge is -2.54. The van der Waals surface area contributed by atoms with Crippen molar-refractivity contribution in [1.82, 2.24) is 15.0 Å². The van der Waals surface area contributed by atoms with Crippen LogP contribution in [0.15, 0.2) is 4.79 Å². The van der Waals surface area contributed by atoms with Crippen molar-refractivity contribution in [2.75, 3.05) is 0 Å². The maximum absolute atomic E-state index is 12.1. The van der Waals surface area contributed by atoms with Gasteiger partial charge in [0.1, 0.15) is 6.07 Å². The van der Waals surface area contributed by atoms with Gasteiger partial charge in [-0.2, -0.15) is 5.26 Å². The topological polar surface area (TPSA) is 74.5 Å². The molecule has 0 radical (unpaired) electrons. The molecule has 0 aliphatic heterocycles. The third kappa shape index (κ3) is 1.26. The lowest BCUT2D eigenvalue weighted by atomic mass is 9.54. The summed E-state index contributed by atoms with van der Waals surface area (Å²) in [6.45, 7) is 0. The fourth-order valence-corrected chi connectivity index (χ4v) is 4.90. The number of hydrogen-bond donors (Lipinski definition) is 1. The SMILES string of the molecule is N#Cc1n[nH]n(C2C3CC4CC(C3)CC2C4)c1=O. The molecular formula is C13H16N4O. The molecule has 4 bridgehead atoms. The van der Waals surface area contributed by atoms with E-state index in [1.165, 1.54) is 32.1 Å². The first-order valence-electron chi connectivity index (χ1n) is 6.83. The van der Waals surface area contributed by atoms with E-state index in [1.54, 1.807) is 4.68 Å². The lowest BCUT2D eigenvalue weighted by molar-refractivity contribution is -0.0354. The molecule has 1 aromatic heterocycles. The summed E-state index contributed by atoms with van der Waals surface area (Å²) in [7, 11) is 0. The molecule has 1 heterocycles. The predicted octanol–water partition coefficient (Wildman–Crippen LogP) is 1.44. The van der Waals surface area contributed by atoms with E-state index in [1.807, 2.05) is 6.07 Å². The number of hydrogen-bond acceptors (Lipinski definition) is 3. The third-order valence-electron chi connectivity index (χ3n) is 5.27.